The van der Waals surface area contributed by atoms with Crippen molar-refractivity contribution in [1.29, 1.82) is 0 Å². The fraction of sp³-hybridized carbons (Fsp3) is 0.933. The van der Waals surface area contributed by atoms with Crippen LogP contribution < -0.4 is 0 Å². The maximum atomic E-state index is 10.6. The van der Waals surface area contributed by atoms with Crippen LogP contribution in [0, 0.1) is 11.8 Å². The van der Waals surface area contributed by atoms with Crippen LogP contribution in [0.5, 0.6) is 0 Å². The van der Waals surface area contributed by atoms with E-state index < -0.39 is 5.97 Å². The Kier molecular flexibility index (Phi) is 7.30. The number of hydrogen-bond donors (Lipinski definition) is 1. The largest absolute Gasteiger partial charge is 0.481 e. The van der Waals surface area contributed by atoms with Crippen molar-refractivity contribution in [1.82, 2.24) is 0 Å². The molecule has 0 aromatic heterocycles. The molecule has 100 valence electrons. The molecule has 2 heteroatoms. The molecule has 1 rings (SSSR count). The topological polar surface area (TPSA) is 37.3 Å². The van der Waals surface area contributed by atoms with Crippen molar-refractivity contribution in [3.05, 3.63) is 0 Å². The lowest BCUT2D eigenvalue weighted by Gasteiger charge is -2.27. The Bertz CT molecular complexity index is 205. The molecule has 1 N–H and O–H groups in total. The minimum Gasteiger partial charge on any atom is -0.481 e. The van der Waals surface area contributed by atoms with E-state index in [0.717, 1.165) is 18.8 Å². The average molecular weight is 240 g/mol. The lowest BCUT2D eigenvalue weighted by Crippen LogP contribution is -2.17. The summed E-state index contributed by atoms with van der Waals surface area (Å²) in [6, 6.07) is 0. The Morgan fingerprint density at radius 1 is 1.00 bits per heavy atom. The van der Waals surface area contributed by atoms with Gasteiger partial charge in [0.1, 0.15) is 0 Å². The quantitative estimate of drug-likeness (QED) is 0.628. The molecule has 0 radical (unpaired) electrons. The summed E-state index contributed by atoms with van der Waals surface area (Å²) in [5, 5.41) is 8.76. The Hall–Kier alpha value is -0.530. The van der Waals surface area contributed by atoms with Crippen LogP contribution in [0.1, 0.15) is 77.6 Å². The van der Waals surface area contributed by atoms with Crippen molar-refractivity contribution in [3.8, 4) is 0 Å². The predicted octanol–water partition coefficient (Wildman–Crippen LogP) is 4.63. The van der Waals surface area contributed by atoms with E-state index in [-0.39, 0.29) is 0 Å². The second-order valence-electron chi connectivity index (χ2n) is 5.69. The summed E-state index contributed by atoms with van der Waals surface area (Å²) in [6.07, 6.45) is 13.5. The van der Waals surface area contributed by atoms with E-state index >= 15 is 0 Å². The number of hydrogen-bond acceptors (Lipinski definition) is 1. The highest BCUT2D eigenvalue weighted by molar-refractivity contribution is 5.67. The van der Waals surface area contributed by atoms with Gasteiger partial charge in [-0.05, 0) is 24.7 Å². The molecular formula is C15H28O2. The summed E-state index contributed by atoms with van der Waals surface area (Å²) in [7, 11) is 0. The molecule has 0 aromatic rings. The van der Waals surface area contributed by atoms with Crippen LogP contribution in [0.3, 0.4) is 0 Å². The second-order valence-corrected chi connectivity index (χ2v) is 5.69. The first-order valence-corrected chi connectivity index (χ1v) is 7.44. The normalized spacial score (nSPS) is 24.8. The molecule has 0 aliphatic heterocycles. The van der Waals surface area contributed by atoms with Crippen molar-refractivity contribution in [2.24, 2.45) is 11.8 Å². The smallest absolute Gasteiger partial charge is 0.303 e. The molecular weight excluding hydrogens is 212 g/mol. The standard InChI is InChI=1S/C15H28O2/c1-2-3-4-5-6-7-13-8-10-14(11-9-13)12-15(16)17/h13-14H,2-12H2,1H3,(H,16,17). The van der Waals surface area contributed by atoms with Crippen LogP contribution in [-0.2, 0) is 4.79 Å². The molecule has 0 amide bonds. The third-order valence-electron chi connectivity index (χ3n) is 4.15. The monoisotopic (exact) mass is 240 g/mol. The van der Waals surface area contributed by atoms with Gasteiger partial charge in [0, 0.05) is 6.42 Å². The van der Waals surface area contributed by atoms with Gasteiger partial charge in [-0.2, -0.15) is 0 Å². The lowest BCUT2D eigenvalue weighted by molar-refractivity contribution is -0.138. The second kappa shape index (κ2) is 8.54. The molecule has 17 heavy (non-hydrogen) atoms. The van der Waals surface area contributed by atoms with Gasteiger partial charge >= 0.3 is 5.97 Å². The van der Waals surface area contributed by atoms with E-state index in [1.807, 2.05) is 0 Å². The minimum absolute atomic E-state index is 0.392. The third-order valence-corrected chi connectivity index (χ3v) is 4.15. The van der Waals surface area contributed by atoms with E-state index in [4.69, 9.17) is 5.11 Å². The molecule has 1 saturated carbocycles. The molecule has 0 aromatic carbocycles. The van der Waals surface area contributed by atoms with Gasteiger partial charge in [0.2, 0.25) is 0 Å². The van der Waals surface area contributed by atoms with Gasteiger partial charge in [-0.25, -0.2) is 0 Å². The van der Waals surface area contributed by atoms with Gasteiger partial charge < -0.3 is 5.11 Å². The van der Waals surface area contributed by atoms with Crippen molar-refractivity contribution in [2.75, 3.05) is 0 Å². The molecule has 0 atom stereocenters. The summed E-state index contributed by atoms with van der Waals surface area (Å²) in [5.41, 5.74) is 0. The summed E-state index contributed by atoms with van der Waals surface area (Å²) >= 11 is 0. The fourth-order valence-electron chi connectivity index (χ4n) is 3.01. The minimum atomic E-state index is -0.618. The predicted molar refractivity (Wildman–Crippen MR) is 71.1 cm³/mol. The Morgan fingerprint density at radius 2 is 1.59 bits per heavy atom. The van der Waals surface area contributed by atoms with Crippen LogP contribution in [0.15, 0.2) is 0 Å². The number of aliphatic carboxylic acids is 1. The molecule has 0 unspecified atom stereocenters. The van der Waals surface area contributed by atoms with Gasteiger partial charge in [0.25, 0.3) is 0 Å². The summed E-state index contributed by atoms with van der Waals surface area (Å²) < 4.78 is 0. The lowest BCUT2D eigenvalue weighted by atomic mass is 9.78. The van der Waals surface area contributed by atoms with E-state index in [9.17, 15) is 4.79 Å². The van der Waals surface area contributed by atoms with Crippen molar-refractivity contribution in [2.45, 2.75) is 77.6 Å². The Morgan fingerprint density at radius 3 is 2.18 bits per heavy atom. The van der Waals surface area contributed by atoms with Crippen LogP contribution in [-0.4, -0.2) is 11.1 Å². The molecule has 2 nitrogen and oxygen atoms in total. The number of carboxylic acids is 1. The van der Waals surface area contributed by atoms with Gasteiger partial charge in [0.05, 0.1) is 0 Å². The zero-order valence-electron chi connectivity index (χ0n) is 11.3. The fourth-order valence-corrected chi connectivity index (χ4v) is 3.01. The molecule has 0 spiro atoms. The van der Waals surface area contributed by atoms with Gasteiger partial charge in [-0.15, -0.1) is 0 Å². The van der Waals surface area contributed by atoms with Crippen LogP contribution in [0.4, 0.5) is 0 Å². The van der Waals surface area contributed by atoms with E-state index in [0.29, 0.717) is 12.3 Å². The van der Waals surface area contributed by atoms with Gasteiger partial charge in [-0.3, -0.25) is 4.79 Å². The first-order chi connectivity index (χ1) is 8.22. The van der Waals surface area contributed by atoms with Crippen molar-refractivity contribution < 1.29 is 9.90 Å². The van der Waals surface area contributed by atoms with Gasteiger partial charge in [0.15, 0.2) is 0 Å². The summed E-state index contributed by atoms with van der Waals surface area (Å²) in [4.78, 5) is 10.6. The van der Waals surface area contributed by atoms with E-state index in [1.165, 1.54) is 51.4 Å². The first-order valence-electron chi connectivity index (χ1n) is 7.44. The maximum Gasteiger partial charge on any atom is 0.303 e. The summed E-state index contributed by atoms with van der Waals surface area (Å²) in [5.74, 6) is 0.735. The maximum absolute atomic E-state index is 10.6. The molecule has 0 bridgehead atoms. The third kappa shape index (κ3) is 6.70. The number of rotatable bonds is 8. The zero-order chi connectivity index (χ0) is 12.5. The average Bonchev–Trinajstić information content (AvgIpc) is 2.30. The Balaban J connectivity index is 2.01. The highest BCUT2D eigenvalue weighted by Crippen LogP contribution is 2.33. The molecule has 1 aliphatic rings. The number of carbonyl (C=O) groups is 1. The van der Waals surface area contributed by atoms with Crippen LogP contribution >= 0.6 is 0 Å². The molecule has 1 aliphatic carbocycles. The summed E-state index contributed by atoms with van der Waals surface area (Å²) in [6.45, 7) is 2.25. The van der Waals surface area contributed by atoms with Crippen molar-refractivity contribution in [3.63, 3.8) is 0 Å². The van der Waals surface area contributed by atoms with Crippen LogP contribution in [0.25, 0.3) is 0 Å². The van der Waals surface area contributed by atoms with Crippen molar-refractivity contribution >= 4 is 5.97 Å². The highest BCUT2D eigenvalue weighted by atomic mass is 16.4. The highest BCUT2D eigenvalue weighted by Gasteiger charge is 2.22. The number of carboxylic acid groups (broad SMARTS) is 1. The van der Waals surface area contributed by atoms with E-state index in [2.05, 4.69) is 6.92 Å². The molecule has 0 saturated heterocycles. The Labute approximate surface area is 106 Å². The van der Waals surface area contributed by atoms with E-state index in [1.54, 1.807) is 0 Å². The van der Waals surface area contributed by atoms with Crippen LogP contribution in [0.2, 0.25) is 0 Å². The first kappa shape index (κ1) is 14.5. The number of unbranched alkanes of at least 4 members (excludes halogenated alkanes) is 4. The zero-order valence-corrected chi connectivity index (χ0v) is 11.3. The SMILES string of the molecule is CCCCCCCC1CCC(CC(=O)O)CC1. The van der Waals surface area contributed by atoms with Gasteiger partial charge in [-0.1, -0.05) is 58.3 Å². The molecule has 1 fully saturated rings. The molecule has 0 heterocycles.